The van der Waals surface area contributed by atoms with E-state index in [1.54, 1.807) is 12.1 Å². The second kappa shape index (κ2) is 7.68. The minimum absolute atomic E-state index is 0.0772. The van der Waals surface area contributed by atoms with Crippen molar-refractivity contribution in [2.24, 2.45) is 0 Å². The summed E-state index contributed by atoms with van der Waals surface area (Å²) in [5, 5.41) is 6.70. The van der Waals surface area contributed by atoms with E-state index in [0.717, 1.165) is 16.8 Å². The Morgan fingerprint density at radius 1 is 1.12 bits per heavy atom. The smallest absolute Gasteiger partial charge is 0.275 e. The molecule has 0 fully saturated rings. The third-order valence-electron chi connectivity index (χ3n) is 3.98. The SMILES string of the molecule is Cc1nn(CN(C)CCOc2ccc(Cl)cc2)c(=O)c2ccccc12. The number of nitrogens with zero attached hydrogens (tertiary/aromatic N) is 3. The van der Waals surface area contributed by atoms with E-state index in [9.17, 15) is 4.79 Å². The molecule has 5 nitrogen and oxygen atoms in total. The number of ether oxygens (including phenoxy) is 1. The molecule has 25 heavy (non-hydrogen) atoms. The highest BCUT2D eigenvalue weighted by Gasteiger charge is 2.09. The van der Waals surface area contributed by atoms with Crippen LogP contribution in [0.1, 0.15) is 5.69 Å². The van der Waals surface area contributed by atoms with Gasteiger partial charge < -0.3 is 4.74 Å². The molecule has 1 aromatic heterocycles. The number of benzene rings is 2. The van der Waals surface area contributed by atoms with Crippen LogP contribution in [0.2, 0.25) is 5.02 Å². The van der Waals surface area contributed by atoms with Gasteiger partial charge in [0.15, 0.2) is 0 Å². The van der Waals surface area contributed by atoms with Crippen molar-refractivity contribution in [1.82, 2.24) is 14.7 Å². The standard InChI is InChI=1S/C19H20ClN3O2/c1-14-17-5-3-4-6-18(17)19(24)23(21-14)13-22(2)11-12-25-16-9-7-15(20)8-10-16/h3-10H,11-13H2,1-2H3. The lowest BCUT2D eigenvalue weighted by Crippen LogP contribution is -2.34. The quantitative estimate of drug-likeness (QED) is 0.679. The third kappa shape index (κ3) is 4.18. The molecule has 0 amide bonds. The predicted octanol–water partition coefficient (Wildman–Crippen LogP) is 3.33. The summed E-state index contributed by atoms with van der Waals surface area (Å²) in [5.41, 5.74) is 0.771. The van der Waals surface area contributed by atoms with Crippen molar-refractivity contribution >= 4 is 22.4 Å². The van der Waals surface area contributed by atoms with E-state index in [-0.39, 0.29) is 5.56 Å². The highest BCUT2D eigenvalue weighted by atomic mass is 35.5. The van der Waals surface area contributed by atoms with Gasteiger partial charge >= 0.3 is 0 Å². The number of likely N-dealkylation sites (N-methyl/N-ethyl adjacent to an activating group) is 1. The Hall–Kier alpha value is -2.37. The van der Waals surface area contributed by atoms with E-state index >= 15 is 0 Å². The van der Waals surface area contributed by atoms with Crippen molar-refractivity contribution in [1.29, 1.82) is 0 Å². The first-order valence-electron chi connectivity index (χ1n) is 8.08. The van der Waals surface area contributed by atoms with Crippen LogP contribution in [-0.2, 0) is 6.67 Å². The minimum Gasteiger partial charge on any atom is -0.492 e. The Bertz CT molecular complexity index is 922. The molecule has 0 aliphatic carbocycles. The van der Waals surface area contributed by atoms with E-state index in [4.69, 9.17) is 16.3 Å². The van der Waals surface area contributed by atoms with Crippen LogP contribution in [0, 0.1) is 6.92 Å². The van der Waals surface area contributed by atoms with E-state index < -0.39 is 0 Å². The highest BCUT2D eigenvalue weighted by molar-refractivity contribution is 6.30. The van der Waals surface area contributed by atoms with Crippen molar-refractivity contribution in [3.8, 4) is 5.75 Å². The number of hydrogen-bond donors (Lipinski definition) is 0. The number of rotatable bonds is 6. The summed E-state index contributed by atoms with van der Waals surface area (Å²) in [4.78, 5) is 14.6. The summed E-state index contributed by atoms with van der Waals surface area (Å²) in [6.45, 7) is 3.51. The summed E-state index contributed by atoms with van der Waals surface area (Å²) in [7, 11) is 1.93. The lowest BCUT2D eigenvalue weighted by atomic mass is 10.1. The van der Waals surface area contributed by atoms with Crippen LogP contribution < -0.4 is 10.3 Å². The maximum atomic E-state index is 12.6. The molecular weight excluding hydrogens is 338 g/mol. The molecule has 0 spiro atoms. The Balaban J connectivity index is 1.64. The van der Waals surface area contributed by atoms with E-state index in [0.29, 0.717) is 30.2 Å². The average Bonchev–Trinajstić information content (AvgIpc) is 2.61. The van der Waals surface area contributed by atoms with E-state index in [1.807, 2.05) is 55.3 Å². The summed E-state index contributed by atoms with van der Waals surface area (Å²) < 4.78 is 7.19. The fourth-order valence-corrected chi connectivity index (χ4v) is 2.78. The van der Waals surface area contributed by atoms with Crippen molar-refractivity contribution in [3.05, 3.63) is 69.6 Å². The fourth-order valence-electron chi connectivity index (χ4n) is 2.65. The molecule has 2 aromatic carbocycles. The number of fused-ring (bicyclic) bond motifs is 1. The van der Waals surface area contributed by atoms with Crippen molar-refractivity contribution in [3.63, 3.8) is 0 Å². The molecule has 0 radical (unpaired) electrons. The van der Waals surface area contributed by atoms with Crippen LogP contribution in [-0.4, -0.2) is 34.9 Å². The first-order chi connectivity index (χ1) is 12.0. The topological polar surface area (TPSA) is 47.4 Å². The molecule has 0 aliphatic heterocycles. The molecule has 1 heterocycles. The van der Waals surface area contributed by atoms with Gasteiger partial charge in [0.05, 0.1) is 17.7 Å². The van der Waals surface area contributed by atoms with Crippen LogP contribution in [0.4, 0.5) is 0 Å². The van der Waals surface area contributed by atoms with Gasteiger partial charge in [-0.1, -0.05) is 29.8 Å². The Labute approximate surface area is 151 Å². The second-order valence-corrected chi connectivity index (χ2v) is 6.40. The zero-order valence-electron chi connectivity index (χ0n) is 14.3. The van der Waals surface area contributed by atoms with Gasteiger partial charge in [0.2, 0.25) is 0 Å². The Morgan fingerprint density at radius 3 is 2.52 bits per heavy atom. The lowest BCUT2D eigenvalue weighted by molar-refractivity contribution is 0.196. The second-order valence-electron chi connectivity index (χ2n) is 5.96. The van der Waals surface area contributed by atoms with Crippen LogP contribution in [0.15, 0.2) is 53.3 Å². The van der Waals surface area contributed by atoms with Crippen LogP contribution in [0.5, 0.6) is 5.75 Å². The number of aromatic nitrogens is 2. The highest BCUT2D eigenvalue weighted by Crippen LogP contribution is 2.15. The zero-order chi connectivity index (χ0) is 17.8. The van der Waals surface area contributed by atoms with Gasteiger partial charge in [-0.25, -0.2) is 4.68 Å². The van der Waals surface area contributed by atoms with Gasteiger partial charge in [-0.05, 0) is 44.3 Å². The van der Waals surface area contributed by atoms with E-state index in [1.165, 1.54) is 4.68 Å². The van der Waals surface area contributed by atoms with Gasteiger partial charge in [-0.3, -0.25) is 9.69 Å². The Kier molecular flexibility index (Phi) is 5.36. The monoisotopic (exact) mass is 357 g/mol. The van der Waals surface area contributed by atoms with Crippen molar-refractivity contribution in [2.75, 3.05) is 20.2 Å². The summed E-state index contributed by atoms with van der Waals surface area (Å²) in [6.07, 6.45) is 0. The molecule has 3 rings (SSSR count). The summed E-state index contributed by atoms with van der Waals surface area (Å²) in [5.74, 6) is 0.773. The largest absolute Gasteiger partial charge is 0.492 e. The first-order valence-corrected chi connectivity index (χ1v) is 8.46. The van der Waals surface area contributed by atoms with Gasteiger partial charge in [0.25, 0.3) is 5.56 Å². The number of halogens is 1. The maximum absolute atomic E-state index is 12.6. The van der Waals surface area contributed by atoms with Gasteiger partial charge in [0, 0.05) is 17.0 Å². The van der Waals surface area contributed by atoms with Crippen LogP contribution in [0.25, 0.3) is 10.8 Å². The fraction of sp³-hybridized carbons (Fsp3) is 0.263. The van der Waals surface area contributed by atoms with Crippen LogP contribution in [0.3, 0.4) is 0 Å². The molecule has 0 unspecified atom stereocenters. The van der Waals surface area contributed by atoms with Crippen molar-refractivity contribution < 1.29 is 4.74 Å². The number of aryl methyl sites for hydroxylation is 1. The summed E-state index contributed by atoms with van der Waals surface area (Å²) >= 11 is 5.85. The zero-order valence-corrected chi connectivity index (χ0v) is 15.0. The van der Waals surface area contributed by atoms with Crippen LogP contribution >= 0.6 is 11.6 Å². The molecular formula is C19H20ClN3O2. The normalized spacial score (nSPS) is 11.2. The third-order valence-corrected chi connectivity index (χ3v) is 4.24. The molecule has 0 saturated heterocycles. The number of hydrogen-bond acceptors (Lipinski definition) is 4. The Morgan fingerprint density at radius 2 is 1.80 bits per heavy atom. The average molecular weight is 358 g/mol. The van der Waals surface area contributed by atoms with E-state index in [2.05, 4.69) is 5.10 Å². The van der Waals surface area contributed by atoms with Crippen molar-refractivity contribution in [2.45, 2.75) is 13.6 Å². The molecule has 0 aliphatic rings. The predicted molar refractivity (Wildman–Crippen MR) is 100 cm³/mol. The molecule has 3 aromatic rings. The van der Waals surface area contributed by atoms with Gasteiger partial charge in [-0.2, -0.15) is 5.10 Å². The molecule has 0 N–H and O–H groups in total. The maximum Gasteiger partial charge on any atom is 0.275 e. The molecule has 0 saturated carbocycles. The molecule has 0 atom stereocenters. The first kappa shape index (κ1) is 17.5. The molecule has 0 bridgehead atoms. The minimum atomic E-state index is -0.0772. The molecule has 130 valence electrons. The van der Waals surface area contributed by atoms with Gasteiger partial charge in [0.1, 0.15) is 12.4 Å². The summed E-state index contributed by atoms with van der Waals surface area (Å²) in [6, 6.07) is 14.8. The lowest BCUT2D eigenvalue weighted by Gasteiger charge is -2.18. The molecule has 6 heteroatoms. The van der Waals surface area contributed by atoms with Gasteiger partial charge in [-0.15, -0.1) is 0 Å².